The van der Waals surface area contributed by atoms with E-state index in [1.54, 1.807) is 4.90 Å². The van der Waals surface area contributed by atoms with Crippen LogP contribution in [0.3, 0.4) is 0 Å². The summed E-state index contributed by atoms with van der Waals surface area (Å²) in [6, 6.07) is 25.8. The van der Waals surface area contributed by atoms with Crippen LogP contribution in [0.2, 0.25) is 0 Å². The molecule has 1 N–H and O–H groups in total. The fraction of sp³-hybridized carbons (Fsp3) is 0.0952. The molecule has 0 bridgehead atoms. The van der Waals surface area contributed by atoms with E-state index in [2.05, 4.69) is 30.4 Å². The minimum Gasteiger partial charge on any atom is -0.326 e. The average Bonchev–Trinajstić information content (AvgIpc) is 2.62. The smallest absolute Gasteiger partial charge is 0.326 e. The van der Waals surface area contributed by atoms with Gasteiger partial charge in [0.25, 0.3) is 0 Å². The summed E-state index contributed by atoms with van der Waals surface area (Å²) in [5.74, 6) is 0. The maximum atomic E-state index is 12.9. The number of hydrogen-bond acceptors (Lipinski definition) is 1. The molecule has 2 amide bonds. The van der Waals surface area contributed by atoms with Gasteiger partial charge in [-0.2, -0.15) is 0 Å². The Labute approximate surface area is 141 Å². The van der Waals surface area contributed by atoms with Crippen LogP contribution >= 0.6 is 0 Å². The summed E-state index contributed by atoms with van der Waals surface area (Å²) in [6.07, 6.45) is 0. The van der Waals surface area contributed by atoms with Crippen LogP contribution in [0.25, 0.3) is 0 Å². The largest absolute Gasteiger partial charge is 0.327 e. The van der Waals surface area contributed by atoms with Gasteiger partial charge in [-0.3, -0.25) is 4.90 Å². The second-order valence-corrected chi connectivity index (χ2v) is 5.97. The van der Waals surface area contributed by atoms with Gasteiger partial charge in [0, 0.05) is 5.56 Å². The first-order valence-corrected chi connectivity index (χ1v) is 8.06. The van der Waals surface area contributed by atoms with Crippen LogP contribution in [-0.4, -0.2) is 6.03 Å². The Balaban J connectivity index is 1.87. The minimum absolute atomic E-state index is 0.104. The molecule has 0 radical (unpaired) electrons. The average molecular weight is 314 g/mol. The molecule has 1 atom stereocenters. The van der Waals surface area contributed by atoms with Crippen molar-refractivity contribution < 1.29 is 4.79 Å². The van der Waals surface area contributed by atoms with E-state index in [0.717, 1.165) is 22.5 Å². The lowest BCUT2D eigenvalue weighted by Crippen LogP contribution is -2.44. The van der Waals surface area contributed by atoms with Gasteiger partial charge in [0.2, 0.25) is 0 Å². The van der Waals surface area contributed by atoms with Crippen molar-refractivity contribution in [2.45, 2.75) is 13.0 Å². The lowest BCUT2D eigenvalue weighted by molar-refractivity contribution is 0.245. The zero-order chi connectivity index (χ0) is 16.5. The van der Waals surface area contributed by atoms with Gasteiger partial charge in [-0.05, 0) is 36.2 Å². The van der Waals surface area contributed by atoms with Gasteiger partial charge in [-0.15, -0.1) is 0 Å². The van der Waals surface area contributed by atoms with Crippen molar-refractivity contribution in [2.75, 3.05) is 4.90 Å². The van der Waals surface area contributed by atoms with Crippen molar-refractivity contribution >= 4 is 17.4 Å². The van der Waals surface area contributed by atoms with E-state index in [1.165, 1.54) is 5.56 Å². The molecule has 3 heteroatoms. The van der Waals surface area contributed by atoms with Gasteiger partial charge in [0.15, 0.2) is 0 Å². The number of para-hydroxylation sites is 2. The SMILES string of the molecule is Cc1ccccc1C1NC(=O)N(c2ccccc2)c2ccccc21. The molecule has 1 aliphatic heterocycles. The fourth-order valence-corrected chi connectivity index (χ4v) is 3.30. The fourth-order valence-electron chi connectivity index (χ4n) is 3.30. The molecule has 0 aromatic heterocycles. The highest BCUT2D eigenvalue weighted by molar-refractivity contribution is 6.02. The lowest BCUT2D eigenvalue weighted by atomic mass is 9.92. The van der Waals surface area contributed by atoms with Crippen molar-refractivity contribution in [1.29, 1.82) is 0 Å². The predicted molar refractivity (Wildman–Crippen MR) is 96.6 cm³/mol. The molecule has 1 heterocycles. The Morgan fingerprint density at radius 2 is 1.42 bits per heavy atom. The van der Waals surface area contributed by atoms with Crippen molar-refractivity contribution in [3.05, 3.63) is 95.6 Å². The van der Waals surface area contributed by atoms with Crippen LogP contribution in [0.1, 0.15) is 22.7 Å². The topological polar surface area (TPSA) is 32.3 Å². The third-order valence-electron chi connectivity index (χ3n) is 4.47. The standard InChI is InChI=1S/C21H18N2O/c1-15-9-5-6-12-17(15)20-18-13-7-8-14-19(18)23(21(24)22-20)16-10-3-2-4-11-16/h2-14,20H,1H3,(H,22,24). The molecule has 118 valence electrons. The molecule has 1 aliphatic rings. The second kappa shape index (κ2) is 5.85. The number of amides is 2. The van der Waals surface area contributed by atoms with Gasteiger partial charge in [0.1, 0.15) is 0 Å². The number of nitrogens with zero attached hydrogens (tertiary/aromatic N) is 1. The van der Waals surface area contributed by atoms with E-state index in [0.29, 0.717) is 0 Å². The Bertz CT molecular complexity index is 889. The molecule has 0 spiro atoms. The molecule has 3 aromatic carbocycles. The van der Waals surface area contributed by atoms with Crippen molar-refractivity contribution in [3.63, 3.8) is 0 Å². The third kappa shape index (κ3) is 2.35. The summed E-state index contributed by atoms with van der Waals surface area (Å²) in [6.45, 7) is 2.08. The van der Waals surface area contributed by atoms with E-state index in [-0.39, 0.29) is 12.1 Å². The summed E-state index contributed by atoms with van der Waals surface area (Å²) in [7, 11) is 0. The van der Waals surface area contributed by atoms with Gasteiger partial charge < -0.3 is 5.32 Å². The van der Waals surface area contributed by atoms with Crippen LogP contribution in [0, 0.1) is 6.92 Å². The predicted octanol–water partition coefficient (Wildman–Crippen LogP) is 4.95. The molecule has 4 rings (SSSR count). The molecule has 0 fully saturated rings. The molecular formula is C21H18N2O. The first-order valence-electron chi connectivity index (χ1n) is 8.06. The monoisotopic (exact) mass is 314 g/mol. The molecule has 24 heavy (non-hydrogen) atoms. The minimum atomic E-state index is -0.130. The number of nitrogens with one attached hydrogen (secondary N) is 1. The number of carbonyl (C=O) groups is 1. The maximum absolute atomic E-state index is 12.9. The van der Waals surface area contributed by atoms with Crippen molar-refractivity contribution in [3.8, 4) is 0 Å². The zero-order valence-electron chi connectivity index (χ0n) is 13.4. The summed E-state index contributed by atoms with van der Waals surface area (Å²) in [4.78, 5) is 14.6. The molecule has 0 aliphatic carbocycles. The maximum Gasteiger partial charge on any atom is 0.327 e. The number of aryl methyl sites for hydroxylation is 1. The lowest BCUT2D eigenvalue weighted by Gasteiger charge is -2.35. The normalized spacial score (nSPS) is 16.5. The van der Waals surface area contributed by atoms with Gasteiger partial charge in [0.05, 0.1) is 17.4 Å². The summed E-state index contributed by atoms with van der Waals surface area (Å²) >= 11 is 0. The summed E-state index contributed by atoms with van der Waals surface area (Å²) < 4.78 is 0. The molecule has 0 saturated carbocycles. The van der Waals surface area contributed by atoms with Crippen LogP contribution in [0.5, 0.6) is 0 Å². The molecule has 3 aromatic rings. The van der Waals surface area contributed by atoms with Crippen LogP contribution in [-0.2, 0) is 0 Å². The number of urea groups is 1. The number of benzene rings is 3. The quantitative estimate of drug-likeness (QED) is 0.713. The van der Waals surface area contributed by atoms with Gasteiger partial charge in [-0.25, -0.2) is 4.79 Å². The highest BCUT2D eigenvalue weighted by atomic mass is 16.2. The highest BCUT2D eigenvalue weighted by Crippen LogP contribution is 2.39. The van der Waals surface area contributed by atoms with E-state index in [4.69, 9.17) is 0 Å². The number of hydrogen-bond donors (Lipinski definition) is 1. The Morgan fingerprint density at radius 1 is 0.792 bits per heavy atom. The van der Waals surface area contributed by atoms with Gasteiger partial charge >= 0.3 is 6.03 Å². The van der Waals surface area contributed by atoms with Crippen molar-refractivity contribution in [1.82, 2.24) is 5.32 Å². The second-order valence-electron chi connectivity index (χ2n) is 5.97. The first-order chi connectivity index (χ1) is 11.8. The zero-order valence-corrected chi connectivity index (χ0v) is 13.4. The Hall–Kier alpha value is -3.07. The Morgan fingerprint density at radius 3 is 2.17 bits per heavy atom. The van der Waals surface area contributed by atoms with E-state index >= 15 is 0 Å². The van der Waals surface area contributed by atoms with E-state index in [9.17, 15) is 4.79 Å². The molecular weight excluding hydrogens is 296 g/mol. The number of rotatable bonds is 2. The van der Waals surface area contributed by atoms with Crippen molar-refractivity contribution in [2.24, 2.45) is 0 Å². The Kier molecular flexibility index (Phi) is 3.54. The number of anilines is 2. The van der Waals surface area contributed by atoms with Gasteiger partial charge in [-0.1, -0.05) is 60.7 Å². The van der Waals surface area contributed by atoms with Crippen LogP contribution in [0.4, 0.5) is 16.2 Å². The third-order valence-corrected chi connectivity index (χ3v) is 4.47. The van der Waals surface area contributed by atoms with Crippen LogP contribution in [0.15, 0.2) is 78.9 Å². The number of carbonyl (C=O) groups excluding carboxylic acids is 1. The van der Waals surface area contributed by atoms with Crippen LogP contribution < -0.4 is 10.2 Å². The van der Waals surface area contributed by atoms with E-state index < -0.39 is 0 Å². The molecule has 0 saturated heterocycles. The highest BCUT2D eigenvalue weighted by Gasteiger charge is 2.32. The summed E-state index contributed by atoms with van der Waals surface area (Å²) in [5, 5.41) is 3.17. The molecule has 3 nitrogen and oxygen atoms in total. The van der Waals surface area contributed by atoms with E-state index in [1.807, 2.05) is 60.7 Å². The molecule has 1 unspecified atom stereocenters. The first kappa shape index (κ1) is 14.5. The summed E-state index contributed by atoms with van der Waals surface area (Å²) in [5.41, 5.74) is 5.21. The number of fused-ring (bicyclic) bond motifs is 1.